The second-order valence-corrected chi connectivity index (χ2v) is 2.28. The molecule has 4 nitrogen and oxygen atoms in total. The van der Waals surface area contributed by atoms with E-state index in [4.69, 9.17) is 0 Å². The molecule has 14 heavy (non-hydrogen) atoms. The largest absolute Gasteiger partial charge is 0.423 e. The summed E-state index contributed by atoms with van der Waals surface area (Å²) in [4.78, 5) is 11.6. The molecule has 0 aliphatic rings. The van der Waals surface area contributed by atoms with Crippen LogP contribution in [0.1, 0.15) is 5.56 Å². The maximum Gasteiger partial charge on any atom is 0.423 e. The second kappa shape index (κ2) is 3.20. The average molecular weight is 210 g/mol. The van der Waals surface area contributed by atoms with Gasteiger partial charge in [0.25, 0.3) is 5.69 Å². The van der Waals surface area contributed by atoms with Crippen LogP contribution in [0, 0.1) is 16.1 Å². The second-order valence-electron chi connectivity index (χ2n) is 2.28. The highest BCUT2D eigenvalue weighted by atomic mass is 19.4. The molecule has 0 fully saturated rings. The minimum atomic E-state index is -4.97. The predicted octanol–water partition coefficient (Wildman–Crippen LogP) is 2.15. The van der Waals surface area contributed by atoms with Crippen LogP contribution in [0.3, 0.4) is 0 Å². The van der Waals surface area contributed by atoms with Gasteiger partial charge in [0.05, 0.1) is 4.92 Å². The van der Waals surface area contributed by atoms with Gasteiger partial charge in [-0.05, 0) is 0 Å². The SMILES string of the molecule is O=[N+]([O-])c1cnc(F)cc1C(F)(F)F. The number of aromatic nitrogens is 1. The van der Waals surface area contributed by atoms with Crippen LogP contribution in [0.5, 0.6) is 0 Å². The number of nitro groups is 1. The molecule has 0 unspecified atom stereocenters. The van der Waals surface area contributed by atoms with Gasteiger partial charge in [0.2, 0.25) is 5.95 Å². The van der Waals surface area contributed by atoms with Gasteiger partial charge in [-0.1, -0.05) is 0 Å². The minimum Gasteiger partial charge on any atom is -0.258 e. The molecule has 76 valence electrons. The Morgan fingerprint density at radius 1 is 1.43 bits per heavy atom. The summed E-state index contributed by atoms with van der Waals surface area (Å²) in [5, 5.41) is 10.1. The van der Waals surface area contributed by atoms with E-state index >= 15 is 0 Å². The predicted molar refractivity (Wildman–Crippen MR) is 35.9 cm³/mol. The van der Waals surface area contributed by atoms with Gasteiger partial charge in [0, 0.05) is 6.07 Å². The van der Waals surface area contributed by atoms with E-state index in [1.807, 2.05) is 0 Å². The first-order valence-corrected chi connectivity index (χ1v) is 3.19. The van der Waals surface area contributed by atoms with E-state index in [-0.39, 0.29) is 12.3 Å². The lowest BCUT2D eigenvalue weighted by atomic mass is 10.2. The molecular formula is C6H2F4N2O2. The zero-order valence-corrected chi connectivity index (χ0v) is 6.38. The van der Waals surface area contributed by atoms with Gasteiger partial charge in [0.1, 0.15) is 11.8 Å². The average Bonchev–Trinajstić information content (AvgIpc) is 2.01. The number of nitrogens with zero attached hydrogens (tertiary/aromatic N) is 2. The summed E-state index contributed by atoms with van der Waals surface area (Å²) < 4.78 is 48.6. The highest BCUT2D eigenvalue weighted by Crippen LogP contribution is 2.35. The normalized spacial score (nSPS) is 11.4. The van der Waals surface area contributed by atoms with Gasteiger partial charge >= 0.3 is 6.18 Å². The monoisotopic (exact) mass is 210 g/mol. The van der Waals surface area contributed by atoms with Gasteiger partial charge in [-0.25, -0.2) is 4.98 Å². The summed E-state index contributed by atoms with van der Waals surface area (Å²) in [5.74, 6) is -1.41. The number of pyridine rings is 1. The van der Waals surface area contributed by atoms with Crippen molar-refractivity contribution in [3.05, 3.63) is 33.9 Å². The van der Waals surface area contributed by atoms with E-state index in [1.54, 1.807) is 0 Å². The van der Waals surface area contributed by atoms with Crippen LogP contribution < -0.4 is 0 Å². The molecule has 0 amide bonds. The van der Waals surface area contributed by atoms with Crippen molar-refractivity contribution in [2.75, 3.05) is 0 Å². The van der Waals surface area contributed by atoms with E-state index in [2.05, 4.69) is 4.98 Å². The summed E-state index contributed by atoms with van der Waals surface area (Å²) in [7, 11) is 0. The standard InChI is InChI=1S/C6H2F4N2O2/c7-5-1-3(6(8,9)10)4(2-11-5)12(13)14/h1-2H. The number of hydrogen-bond acceptors (Lipinski definition) is 3. The van der Waals surface area contributed by atoms with Crippen LogP contribution in [-0.4, -0.2) is 9.91 Å². The Balaban J connectivity index is 3.38. The Morgan fingerprint density at radius 3 is 2.43 bits per heavy atom. The molecule has 1 rings (SSSR count). The van der Waals surface area contributed by atoms with Gasteiger partial charge in [0.15, 0.2) is 0 Å². The molecule has 1 heterocycles. The van der Waals surface area contributed by atoms with Crippen LogP contribution >= 0.6 is 0 Å². The van der Waals surface area contributed by atoms with Crippen molar-refractivity contribution in [1.29, 1.82) is 0 Å². The molecule has 8 heteroatoms. The quantitative estimate of drug-likeness (QED) is 0.309. The molecular weight excluding hydrogens is 208 g/mol. The summed E-state index contributed by atoms with van der Waals surface area (Å²) in [6.45, 7) is 0. The zero-order chi connectivity index (χ0) is 10.9. The van der Waals surface area contributed by atoms with Crippen LogP contribution in [0.2, 0.25) is 0 Å². The Morgan fingerprint density at radius 2 is 2.00 bits per heavy atom. The highest BCUT2D eigenvalue weighted by molar-refractivity contribution is 5.39. The van der Waals surface area contributed by atoms with Gasteiger partial charge in [-0.3, -0.25) is 10.1 Å². The van der Waals surface area contributed by atoms with E-state index in [0.717, 1.165) is 0 Å². The number of alkyl halides is 3. The van der Waals surface area contributed by atoms with Crippen LogP contribution in [0.15, 0.2) is 12.3 Å². The smallest absolute Gasteiger partial charge is 0.258 e. The summed E-state index contributed by atoms with van der Waals surface area (Å²) in [5.41, 5.74) is -2.91. The molecule has 1 aromatic rings. The summed E-state index contributed by atoms with van der Waals surface area (Å²) in [6, 6.07) is -0.0157. The lowest BCUT2D eigenvalue weighted by molar-refractivity contribution is -0.388. The Bertz CT molecular complexity index is 377. The maximum absolute atomic E-state index is 12.3. The van der Waals surface area contributed by atoms with Gasteiger partial charge in [-0.15, -0.1) is 0 Å². The van der Waals surface area contributed by atoms with Crippen molar-refractivity contribution in [1.82, 2.24) is 4.98 Å². The molecule has 1 aromatic heterocycles. The molecule has 0 aromatic carbocycles. The lowest BCUT2D eigenvalue weighted by Gasteiger charge is -2.05. The Labute approximate surface area is 74.3 Å². The molecule has 0 bridgehead atoms. The molecule has 0 aliphatic carbocycles. The number of rotatable bonds is 1. The Hall–Kier alpha value is -1.73. The minimum absolute atomic E-state index is 0.0157. The lowest BCUT2D eigenvalue weighted by Crippen LogP contribution is -2.10. The fraction of sp³-hybridized carbons (Fsp3) is 0.167. The summed E-state index contributed by atoms with van der Waals surface area (Å²) in [6.07, 6.45) is -4.73. The van der Waals surface area contributed by atoms with Crippen LogP contribution in [0.25, 0.3) is 0 Å². The van der Waals surface area contributed by atoms with Crippen LogP contribution in [-0.2, 0) is 6.18 Å². The van der Waals surface area contributed by atoms with Gasteiger partial charge < -0.3 is 0 Å². The molecule has 0 saturated carbocycles. The zero-order valence-electron chi connectivity index (χ0n) is 6.38. The third-order valence-electron chi connectivity index (χ3n) is 1.35. The number of hydrogen-bond donors (Lipinski definition) is 0. The van der Waals surface area contributed by atoms with Crippen molar-refractivity contribution >= 4 is 5.69 Å². The fourth-order valence-electron chi connectivity index (χ4n) is 0.795. The molecule has 0 atom stereocenters. The van der Waals surface area contributed by atoms with Crippen molar-refractivity contribution < 1.29 is 22.5 Å². The van der Waals surface area contributed by atoms with E-state index in [1.165, 1.54) is 0 Å². The van der Waals surface area contributed by atoms with Gasteiger partial charge in [-0.2, -0.15) is 17.6 Å². The summed E-state index contributed by atoms with van der Waals surface area (Å²) >= 11 is 0. The van der Waals surface area contributed by atoms with E-state index in [9.17, 15) is 27.7 Å². The molecule has 0 saturated heterocycles. The van der Waals surface area contributed by atoms with E-state index in [0.29, 0.717) is 0 Å². The molecule has 0 radical (unpaired) electrons. The van der Waals surface area contributed by atoms with Crippen molar-refractivity contribution in [2.24, 2.45) is 0 Å². The maximum atomic E-state index is 12.3. The highest BCUT2D eigenvalue weighted by Gasteiger charge is 2.39. The third-order valence-corrected chi connectivity index (χ3v) is 1.35. The first kappa shape index (κ1) is 10.4. The van der Waals surface area contributed by atoms with E-state index < -0.39 is 28.3 Å². The molecule has 0 spiro atoms. The van der Waals surface area contributed by atoms with Crippen molar-refractivity contribution in [2.45, 2.75) is 6.18 Å². The van der Waals surface area contributed by atoms with Crippen molar-refractivity contribution in [3.8, 4) is 0 Å². The Kier molecular flexibility index (Phi) is 2.37. The third kappa shape index (κ3) is 1.95. The van der Waals surface area contributed by atoms with Crippen molar-refractivity contribution in [3.63, 3.8) is 0 Å². The molecule has 0 N–H and O–H groups in total. The first-order chi connectivity index (χ1) is 6.32. The topological polar surface area (TPSA) is 56.0 Å². The fourth-order valence-corrected chi connectivity index (χ4v) is 0.795. The molecule has 0 aliphatic heterocycles. The van der Waals surface area contributed by atoms with Crippen LogP contribution in [0.4, 0.5) is 23.2 Å². The first-order valence-electron chi connectivity index (χ1n) is 3.19. The number of halogens is 4.